The minimum Gasteiger partial charge on any atom is -0.371 e. The summed E-state index contributed by atoms with van der Waals surface area (Å²) in [5.74, 6) is -2.22. The van der Waals surface area contributed by atoms with E-state index in [1.807, 2.05) is 32.9 Å². The van der Waals surface area contributed by atoms with Crippen LogP contribution in [0.25, 0.3) is 0 Å². The average molecular weight is 463 g/mol. The number of carbonyl (C=O) groups is 1. The molecule has 1 fully saturated rings. The Bertz CT molecular complexity index is 889. The molecule has 1 aromatic rings. The maximum Gasteiger partial charge on any atom is 0.244 e. The summed E-state index contributed by atoms with van der Waals surface area (Å²) in [6.45, 7) is 14.3. The van der Waals surface area contributed by atoms with Gasteiger partial charge in [-0.15, -0.1) is 0 Å². The van der Waals surface area contributed by atoms with E-state index in [9.17, 15) is 18.0 Å². The first-order valence-corrected chi connectivity index (χ1v) is 11.5. The van der Waals surface area contributed by atoms with Gasteiger partial charge in [0.25, 0.3) is 0 Å². The van der Waals surface area contributed by atoms with Crippen LogP contribution in [0.5, 0.6) is 0 Å². The Balaban J connectivity index is 0.00000265. The molecule has 2 rings (SSSR count). The van der Waals surface area contributed by atoms with Crippen LogP contribution < -0.4 is 10.2 Å². The summed E-state index contributed by atoms with van der Waals surface area (Å²) in [4.78, 5) is 14.7. The fourth-order valence-electron chi connectivity index (χ4n) is 3.84. The molecule has 6 heteroatoms. The Morgan fingerprint density at radius 2 is 1.97 bits per heavy atom. The average Bonchev–Trinajstić information content (AvgIpc) is 2.82. The molecular weight excluding hydrogens is 425 g/mol. The summed E-state index contributed by atoms with van der Waals surface area (Å²) >= 11 is 0. The van der Waals surface area contributed by atoms with Crippen LogP contribution in [-0.4, -0.2) is 25.7 Å². The minimum atomic E-state index is -1.24. The Morgan fingerprint density at radius 1 is 1.27 bits per heavy atom. The van der Waals surface area contributed by atoms with Crippen molar-refractivity contribution in [1.82, 2.24) is 5.32 Å². The predicted octanol–water partition coefficient (Wildman–Crippen LogP) is 7.22. The lowest BCUT2D eigenvalue weighted by molar-refractivity contribution is -0.117. The maximum absolute atomic E-state index is 13.5. The van der Waals surface area contributed by atoms with Crippen LogP contribution in [0.1, 0.15) is 57.7 Å². The number of benzene rings is 1. The van der Waals surface area contributed by atoms with Crippen molar-refractivity contribution >= 4 is 11.6 Å². The SMILES string of the molecule is C=C\C(F)=C(F)/C=C(/C=C/C(=O)NC(C)c1cccc(N2CCCC(C)C2)c1C)CF.CC. The molecule has 2 unspecified atom stereocenters. The first-order valence-electron chi connectivity index (χ1n) is 11.5. The molecule has 1 aliphatic rings. The van der Waals surface area contributed by atoms with Gasteiger partial charge >= 0.3 is 0 Å². The zero-order chi connectivity index (χ0) is 25.0. The fraction of sp³-hybridized carbons (Fsp3) is 0.444. The van der Waals surface area contributed by atoms with Gasteiger partial charge < -0.3 is 10.2 Å². The van der Waals surface area contributed by atoms with E-state index in [-0.39, 0.29) is 11.6 Å². The van der Waals surface area contributed by atoms with Gasteiger partial charge in [0.05, 0.1) is 6.04 Å². The van der Waals surface area contributed by atoms with E-state index in [2.05, 4.69) is 36.7 Å². The number of rotatable bonds is 8. The summed E-state index contributed by atoms with van der Waals surface area (Å²) in [6.07, 6.45) is 6.06. The summed E-state index contributed by atoms with van der Waals surface area (Å²) in [5.41, 5.74) is 3.13. The predicted molar refractivity (Wildman–Crippen MR) is 132 cm³/mol. The number of amides is 1. The second-order valence-corrected chi connectivity index (χ2v) is 8.00. The molecule has 0 saturated carbocycles. The Labute approximate surface area is 196 Å². The zero-order valence-corrected chi connectivity index (χ0v) is 20.4. The number of halogens is 3. The smallest absolute Gasteiger partial charge is 0.244 e. The van der Waals surface area contributed by atoms with Crippen LogP contribution in [-0.2, 0) is 4.79 Å². The van der Waals surface area contributed by atoms with Gasteiger partial charge in [-0.3, -0.25) is 4.79 Å². The van der Waals surface area contributed by atoms with Gasteiger partial charge in [0.2, 0.25) is 5.91 Å². The molecule has 182 valence electrons. The molecule has 0 bridgehead atoms. The van der Waals surface area contributed by atoms with E-state index in [1.165, 1.54) is 18.5 Å². The Hall–Kier alpha value is -2.76. The molecular formula is C27H37F3N2O. The molecule has 1 aliphatic heterocycles. The normalized spacial score (nSPS) is 18.2. The van der Waals surface area contributed by atoms with E-state index in [0.717, 1.165) is 36.4 Å². The van der Waals surface area contributed by atoms with Gasteiger partial charge in [0.15, 0.2) is 11.7 Å². The van der Waals surface area contributed by atoms with Crippen molar-refractivity contribution in [3.63, 3.8) is 0 Å². The first kappa shape index (κ1) is 28.3. The maximum atomic E-state index is 13.5. The lowest BCUT2D eigenvalue weighted by atomic mass is 9.96. The lowest BCUT2D eigenvalue weighted by Crippen LogP contribution is -2.35. The van der Waals surface area contributed by atoms with Gasteiger partial charge in [0.1, 0.15) is 6.67 Å². The molecule has 0 radical (unpaired) electrons. The Kier molecular flexibility index (Phi) is 12.3. The summed E-state index contributed by atoms with van der Waals surface area (Å²) in [6, 6.07) is 5.80. The van der Waals surface area contributed by atoms with Crippen molar-refractivity contribution in [3.8, 4) is 0 Å². The molecule has 0 spiro atoms. The molecule has 3 nitrogen and oxygen atoms in total. The highest BCUT2D eigenvalue weighted by molar-refractivity contribution is 5.88. The highest BCUT2D eigenvalue weighted by atomic mass is 19.2. The van der Waals surface area contributed by atoms with E-state index in [4.69, 9.17) is 0 Å². The number of nitrogens with zero attached hydrogens (tertiary/aromatic N) is 1. The largest absolute Gasteiger partial charge is 0.371 e. The second-order valence-electron chi connectivity index (χ2n) is 8.00. The lowest BCUT2D eigenvalue weighted by Gasteiger charge is -2.34. The molecule has 1 heterocycles. The molecule has 2 atom stereocenters. The first-order chi connectivity index (χ1) is 15.8. The van der Waals surface area contributed by atoms with Crippen LogP contribution in [0.2, 0.25) is 0 Å². The van der Waals surface area contributed by atoms with Crippen molar-refractivity contribution in [1.29, 1.82) is 0 Å². The third kappa shape index (κ3) is 8.60. The number of hydrogen-bond acceptors (Lipinski definition) is 2. The molecule has 0 aromatic heterocycles. The highest BCUT2D eigenvalue weighted by Gasteiger charge is 2.20. The van der Waals surface area contributed by atoms with Crippen molar-refractivity contribution < 1.29 is 18.0 Å². The fourth-order valence-corrected chi connectivity index (χ4v) is 3.84. The third-order valence-electron chi connectivity index (χ3n) is 5.49. The van der Waals surface area contributed by atoms with Crippen molar-refractivity contribution in [2.24, 2.45) is 5.92 Å². The molecule has 1 saturated heterocycles. The number of piperidine rings is 1. The van der Waals surface area contributed by atoms with Gasteiger partial charge in [-0.25, -0.2) is 13.2 Å². The van der Waals surface area contributed by atoms with Crippen LogP contribution in [0.4, 0.5) is 18.9 Å². The monoisotopic (exact) mass is 462 g/mol. The molecule has 1 N–H and O–H groups in total. The van der Waals surface area contributed by atoms with Gasteiger partial charge in [-0.05, 0) is 67.5 Å². The molecule has 33 heavy (non-hydrogen) atoms. The number of anilines is 1. The number of alkyl halides is 1. The van der Waals surface area contributed by atoms with Crippen molar-refractivity contribution in [2.45, 2.75) is 53.5 Å². The molecule has 0 aliphatic carbocycles. The zero-order valence-electron chi connectivity index (χ0n) is 20.4. The van der Waals surface area contributed by atoms with E-state index >= 15 is 0 Å². The van der Waals surface area contributed by atoms with Gasteiger partial charge in [0, 0.05) is 24.9 Å². The molecule has 1 aromatic carbocycles. The minimum absolute atomic E-state index is 0.158. The summed E-state index contributed by atoms with van der Waals surface area (Å²) in [7, 11) is 0. The summed E-state index contributed by atoms with van der Waals surface area (Å²) in [5, 5.41) is 2.85. The standard InChI is InChI=1S/C25H31F3N2O.C2H6/c1-5-22(27)23(28)14-20(15-26)11-12-25(31)29-19(4)21-9-6-10-24(18(21)3)30-13-7-8-17(2)16-30;1-2/h5-6,9-12,14,17,19H,1,7-8,13,15-16H2,2-4H3,(H,29,31);1-2H3/b12-11+,20-14-,23-22-;. The van der Waals surface area contributed by atoms with Gasteiger partial charge in [-0.1, -0.05) is 45.6 Å². The van der Waals surface area contributed by atoms with Crippen LogP contribution in [0.15, 0.2) is 66.3 Å². The topological polar surface area (TPSA) is 32.3 Å². The van der Waals surface area contributed by atoms with Crippen LogP contribution in [0, 0.1) is 12.8 Å². The third-order valence-corrected chi connectivity index (χ3v) is 5.49. The highest BCUT2D eigenvalue weighted by Crippen LogP contribution is 2.30. The number of allylic oxidation sites excluding steroid dienone is 6. The number of nitrogens with one attached hydrogen (secondary N) is 1. The number of hydrogen-bond donors (Lipinski definition) is 1. The van der Waals surface area contributed by atoms with E-state index in [1.54, 1.807) is 0 Å². The van der Waals surface area contributed by atoms with E-state index in [0.29, 0.717) is 18.1 Å². The summed E-state index contributed by atoms with van der Waals surface area (Å²) < 4.78 is 39.7. The van der Waals surface area contributed by atoms with Crippen molar-refractivity contribution in [3.05, 3.63) is 77.4 Å². The van der Waals surface area contributed by atoms with Crippen LogP contribution >= 0.6 is 0 Å². The van der Waals surface area contributed by atoms with Crippen LogP contribution in [0.3, 0.4) is 0 Å². The second kappa shape index (κ2) is 14.4. The van der Waals surface area contributed by atoms with Gasteiger partial charge in [-0.2, -0.15) is 0 Å². The molecule has 1 amide bonds. The van der Waals surface area contributed by atoms with E-state index < -0.39 is 24.2 Å². The Morgan fingerprint density at radius 3 is 2.58 bits per heavy atom. The van der Waals surface area contributed by atoms with Crippen molar-refractivity contribution in [2.75, 3.05) is 24.7 Å². The number of carbonyl (C=O) groups excluding carboxylic acids is 1. The quantitative estimate of drug-likeness (QED) is 0.327.